The molecule has 3 rings (SSSR count). The number of fused-ring (bicyclic) bond motifs is 3. The lowest BCUT2D eigenvalue weighted by Crippen LogP contribution is -3.61. The van der Waals surface area contributed by atoms with Crippen LogP contribution in [0.5, 0.6) is 0 Å². The van der Waals surface area contributed by atoms with Crippen molar-refractivity contribution in [1.29, 1.82) is 0 Å². The standard InChI is InChI=1S/C14H12I/c1-9-6-7-12-11(8-9)14-10(2)4-3-5-13(14)15-12/h3-8H,1-2H3/q+1. The molecule has 0 nitrogen and oxygen atoms in total. The average Bonchev–Trinajstić information content (AvgIpc) is 2.57. The first-order chi connectivity index (χ1) is 7.25. The fourth-order valence-corrected chi connectivity index (χ4v) is 5.15. The summed E-state index contributed by atoms with van der Waals surface area (Å²) >= 11 is 0.0732. The molecule has 0 spiro atoms. The van der Waals surface area contributed by atoms with Gasteiger partial charge in [-0.05, 0) is 37.6 Å². The van der Waals surface area contributed by atoms with E-state index in [1.807, 2.05) is 0 Å². The van der Waals surface area contributed by atoms with E-state index in [9.17, 15) is 0 Å². The van der Waals surface area contributed by atoms with E-state index in [-0.39, 0.29) is 21.2 Å². The molecule has 0 unspecified atom stereocenters. The van der Waals surface area contributed by atoms with Crippen molar-refractivity contribution in [3.8, 4) is 11.1 Å². The van der Waals surface area contributed by atoms with Crippen LogP contribution in [0.15, 0.2) is 36.4 Å². The molecule has 1 heterocycles. The second-order valence-electron chi connectivity index (χ2n) is 4.01. The van der Waals surface area contributed by atoms with Crippen LogP contribution in [0.1, 0.15) is 11.1 Å². The van der Waals surface area contributed by atoms with Crippen LogP contribution in [0.3, 0.4) is 0 Å². The molecule has 74 valence electrons. The van der Waals surface area contributed by atoms with Crippen molar-refractivity contribution in [3.05, 3.63) is 54.7 Å². The maximum Gasteiger partial charge on any atom is 0.359 e. The Morgan fingerprint density at radius 2 is 1.80 bits per heavy atom. The maximum absolute atomic E-state index is 2.34. The van der Waals surface area contributed by atoms with Gasteiger partial charge >= 0.3 is 21.2 Å². The summed E-state index contributed by atoms with van der Waals surface area (Å²) in [6.45, 7) is 4.40. The van der Waals surface area contributed by atoms with Crippen LogP contribution in [0, 0.1) is 21.0 Å². The summed E-state index contributed by atoms with van der Waals surface area (Å²) < 4.78 is 3.18. The lowest BCUT2D eigenvalue weighted by molar-refractivity contribution is -0.589. The van der Waals surface area contributed by atoms with Gasteiger partial charge in [-0.15, -0.1) is 0 Å². The zero-order valence-electron chi connectivity index (χ0n) is 8.84. The van der Waals surface area contributed by atoms with E-state index < -0.39 is 0 Å². The van der Waals surface area contributed by atoms with Gasteiger partial charge in [-0.3, -0.25) is 0 Å². The first-order valence-electron chi connectivity index (χ1n) is 5.11. The zero-order valence-corrected chi connectivity index (χ0v) is 11.0. The van der Waals surface area contributed by atoms with Crippen LogP contribution < -0.4 is 21.2 Å². The van der Waals surface area contributed by atoms with Crippen molar-refractivity contribution in [2.24, 2.45) is 0 Å². The Morgan fingerprint density at radius 3 is 2.67 bits per heavy atom. The monoisotopic (exact) mass is 307 g/mol. The van der Waals surface area contributed by atoms with Gasteiger partial charge in [0, 0.05) is 11.1 Å². The van der Waals surface area contributed by atoms with E-state index in [1.165, 1.54) is 22.3 Å². The van der Waals surface area contributed by atoms with Crippen LogP contribution in [-0.4, -0.2) is 0 Å². The highest BCUT2D eigenvalue weighted by Crippen LogP contribution is 2.26. The molecule has 2 aromatic rings. The summed E-state index contributed by atoms with van der Waals surface area (Å²) in [5, 5.41) is 0. The van der Waals surface area contributed by atoms with Crippen molar-refractivity contribution >= 4 is 0 Å². The quantitative estimate of drug-likeness (QED) is 0.528. The van der Waals surface area contributed by atoms with Gasteiger partial charge in [0.1, 0.15) is 0 Å². The van der Waals surface area contributed by atoms with Crippen molar-refractivity contribution in [2.45, 2.75) is 13.8 Å². The van der Waals surface area contributed by atoms with E-state index in [4.69, 9.17) is 0 Å². The Labute approximate surface area is 101 Å². The molecule has 0 N–H and O–H groups in total. The fourth-order valence-electron chi connectivity index (χ4n) is 2.07. The molecule has 1 aliphatic rings. The summed E-state index contributed by atoms with van der Waals surface area (Å²) in [5.74, 6) is 0. The summed E-state index contributed by atoms with van der Waals surface area (Å²) in [7, 11) is 0. The van der Waals surface area contributed by atoms with Gasteiger partial charge in [0.15, 0.2) is 0 Å². The molecular weight excluding hydrogens is 295 g/mol. The Balaban J connectivity index is 2.33. The highest BCUT2D eigenvalue weighted by Gasteiger charge is 2.33. The number of hydrogen-bond acceptors (Lipinski definition) is 0. The second kappa shape index (κ2) is 3.34. The Bertz CT molecular complexity index is 541. The van der Waals surface area contributed by atoms with E-state index in [2.05, 4.69) is 50.2 Å². The van der Waals surface area contributed by atoms with Gasteiger partial charge in [0.2, 0.25) is 7.14 Å². The van der Waals surface area contributed by atoms with Gasteiger partial charge < -0.3 is 0 Å². The van der Waals surface area contributed by atoms with Crippen LogP contribution >= 0.6 is 0 Å². The van der Waals surface area contributed by atoms with E-state index in [1.54, 1.807) is 7.14 Å². The highest BCUT2D eigenvalue weighted by atomic mass is 127. The molecule has 0 saturated carbocycles. The Hall–Kier alpha value is -0.830. The van der Waals surface area contributed by atoms with Crippen LogP contribution in [0.2, 0.25) is 0 Å². The molecule has 2 aromatic carbocycles. The van der Waals surface area contributed by atoms with Crippen molar-refractivity contribution < 1.29 is 21.2 Å². The highest BCUT2D eigenvalue weighted by molar-refractivity contribution is 5.68. The SMILES string of the molecule is Cc1ccc2c(c1)-c1c(C)cccc1[I+]2. The van der Waals surface area contributed by atoms with Gasteiger partial charge in [-0.2, -0.15) is 0 Å². The maximum atomic E-state index is 2.34. The minimum Gasteiger partial charge on any atom is -0.0584 e. The first-order valence-corrected chi connectivity index (χ1v) is 7.27. The normalized spacial score (nSPS) is 12.4. The number of hydrogen-bond donors (Lipinski definition) is 0. The van der Waals surface area contributed by atoms with Gasteiger partial charge in [0.25, 0.3) is 0 Å². The number of halogens is 1. The summed E-state index contributed by atoms with van der Waals surface area (Å²) in [4.78, 5) is 0. The largest absolute Gasteiger partial charge is 0.359 e. The van der Waals surface area contributed by atoms with Gasteiger partial charge in [-0.25, -0.2) is 0 Å². The van der Waals surface area contributed by atoms with E-state index in [0.717, 1.165) is 0 Å². The number of aryl methyl sites for hydroxylation is 2. The third-order valence-corrected chi connectivity index (χ3v) is 5.82. The lowest BCUT2D eigenvalue weighted by Gasteiger charge is -2.00. The number of benzene rings is 2. The molecular formula is C14H12I+. The average molecular weight is 307 g/mol. The molecule has 0 amide bonds. The fraction of sp³-hybridized carbons (Fsp3) is 0.143. The molecule has 0 saturated heterocycles. The predicted octanol–water partition coefficient (Wildman–Crippen LogP) is 0.412. The van der Waals surface area contributed by atoms with Crippen LogP contribution in [-0.2, 0) is 0 Å². The van der Waals surface area contributed by atoms with Gasteiger partial charge in [0.05, 0.1) is 0 Å². The zero-order chi connectivity index (χ0) is 10.4. The summed E-state index contributed by atoms with van der Waals surface area (Å²) in [6.07, 6.45) is 0. The van der Waals surface area contributed by atoms with Crippen LogP contribution in [0.4, 0.5) is 0 Å². The third kappa shape index (κ3) is 1.41. The molecule has 0 radical (unpaired) electrons. The smallest absolute Gasteiger partial charge is 0.0584 e. The summed E-state index contributed by atoms with van der Waals surface area (Å²) in [5.41, 5.74) is 5.81. The first kappa shape index (κ1) is 9.40. The lowest BCUT2D eigenvalue weighted by atomic mass is 9.99. The predicted molar refractivity (Wildman–Crippen MR) is 58.7 cm³/mol. The van der Waals surface area contributed by atoms with Gasteiger partial charge in [-0.1, -0.05) is 23.8 Å². The van der Waals surface area contributed by atoms with Crippen molar-refractivity contribution in [1.82, 2.24) is 0 Å². The molecule has 0 aliphatic carbocycles. The molecule has 0 atom stereocenters. The molecule has 0 bridgehead atoms. The van der Waals surface area contributed by atoms with Crippen molar-refractivity contribution in [3.63, 3.8) is 0 Å². The minimum atomic E-state index is 0.0732. The van der Waals surface area contributed by atoms with E-state index >= 15 is 0 Å². The molecule has 0 aromatic heterocycles. The number of rotatable bonds is 0. The van der Waals surface area contributed by atoms with Crippen molar-refractivity contribution in [2.75, 3.05) is 0 Å². The minimum absolute atomic E-state index is 0.0732. The van der Waals surface area contributed by atoms with Crippen LogP contribution in [0.25, 0.3) is 11.1 Å². The third-order valence-electron chi connectivity index (χ3n) is 2.82. The van der Waals surface area contributed by atoms with E-state index in [0.29, 0.717) is 0 Å². The Kier molecular flexibility index (Phi) is 2.09. The Morgan fingerprint density at radius 1 is 0.933 bits per heavy atom. The molecule has 0 fully saturated rings. The molecule has 15 heavy (non-hydrogen) atoms. The topological polar surface area (TPSA) is 0 Å². The summed E-state index contributed by atoms with van der Waals surface area (Å²) in [6, 6.07) is 13.6. The molecule has 1 aliphatic heterocycles. The second-order valence-corrected chi connectivity index (χ2v) is 6.87. The molecule has 1 heteroatoms.